The highest BCUT2D eigenvalue weighted by Crippen LogP contribution is 2.22. The van der Waals surface area contributed by atoms with Gasteiger partial charge in [0.25, 0.3) is 0 Å². The molecule has 1 aromatic heterocycles. The van der Waals surface area contributed by atoms with Crippen LogP contribution in [0.2, 0.25) is 0 Å². The minimum absolute atomic E-state index is 0.616. The zero-order valence-electron chi connectivity index (χ0n) is 9.38. The summed E-state index contributed by atoms with van der Waals surface area (Å²) in [6, 6.07) is 10.0. The fraction of sp³-hybridized carbons (Fsp3) is 0.0769. The number of hydrogen-bond donors (Lipinski definition) is 2. The van der Waals surface area contributed by atoms with Gasteiger partial charge in [0.2, 0.25) is 0 Å². The molecule has 0 spiro atoms. The van der Waals surface area contributed by atoms with Crippen LogP contribution in [0.25, 0.3) is 0 Å². The van der Waals surface area contributed by atoms with Crippen LogP contribution in [-0.4, -0.2) is 16.1 Å². The molecule has 0 saturated carbocycles. The van der Waals surface area contributed by atoms with E-state index in [0.29, 0.717) is 5.56 Å². The molecule has 0 fully saturated rings. The van der Waals surface area contributed by atoms with Crippen molar-refractivity contribution in [2.75, 3.05) is 5.32 Å². The number of anilines is 1. The van der Waals surface area contributed by atoms with E-state index in [4.69, 9.17) is 0 Å². The molecule has 0 radical (unpaired) electrons. The zero-order chi connectivity index (χ0) is 13.0. The second kappa shape index (κ2) is 5.64. The van der Waals surface area contributed by atoms with Gasteiger partial charge < -0.3 is 10.4 Å². The summed E-state index contributed by atoms with van der Waals surface area (Å²) >= 11 is 3.35. The lowest BCUT2D eigenvalue weighted by molar-refractivity contribution is -0.138. The van der Waals surface area contributed by atoms with Crippen LogP contribution in [0, 0.1) is 0 Å². The van der Waals surface area contributed by atoms with E-state index in [1.807, 2.05) is 24.3 Å². The van der Waals surface area contributed by atoms with Crippen LogP contribution < -0.4 is 5.32 Å². The Hall–Kier alpha value is -1.88. The number of nitrogens with one attached hydrogen (secondary N) is 1. The lowest BCUT2D eigenvalue weighted by Gasteiger charge is -2.15. The fourth-order valence-electron chi connectivity index (χ4n) is 1.58. The van der Waals surface area contributed by atoms with Crippen LogP contribution in [0.1, 0.15) is 11.6 Å². The number of pyridine rings is 1. The Bertz CT molecular complexity index is 546. The number of benzene rings is 1. The SMILES string of the molecule is O=C(O)C(Nc1cccc(Br)c1)c1cccnc1. The number of rotatable bonds is 4. The van der Waals surface area contributed by atoms with E-state index in [1.54, 1.807) is 24.5 Å². The number of nitrogens with zero attached hydrogens (tertiary/aromatic N) is 1. The molecule has 18 heavy (non-hydrogen) atoms. The van der Waals surface area contributed by atoms with E-state index in [-0.39, 0.29) is 0 Å². The lowest BCUT2D eigenvalue weighted by atomic mass is 10.1. The molecule has 5 heteroatoms. The first-order chi connectivity index (χ1) is 8.66. The number of carboxylic acids is 1. The monoisotopic (exact) mass is 306 g/mol. The molecule has 92 valence electrons. The van der Waals surface area contributed by atoms with Crippen molar-refractivity contribution in [3.8, 4) is 0 Å². The molecule has 0 saturated heterocycles. The molecule has 1 unspecified atom stereocenters. The summed E-state index contributed by atoms with van der Waals surface area (Å²) in [5.74, 6) is -0.942. The van der Waals surface area contributed by atoms with Crippen molar-refractivity contribution in [2.45, 2.75) is 6.04 Å². The van der Waals surface area contributed by atoms with Gasteiger partial charge in [-0.25, -0.2) is 4.79 Å². The molecule has 4 nitrogen and oxygen atoms in total. The summed E-state index contributed by atoms with van der Waals surface area (Å²) in [5, 5.41) is 12.2. The smallest absolute Gasteiger partial charge is 0.330 e. The normalized spacial score (nSPS) is 11.8. The molecule has 0 bridgehead atoms. The van der Waals surface area contributed by atoms with Gasteiger partial charge >= 0.3 is 5.97 Å². The number of aliphatic carboxylic acids is 1. The molecule has 1 heterocycles. The molecule has 1 atom stereocenters. The predicted molar refractivity (Wildman–Crippen MR) is 72.4 cm³/mol. The Balaban J connectivity index is 2.25. The number of carboxylic acid groups (broad SMARTS) is 1. The Morgan fingerprint density at radius 1 is 1.33 bits per heavy atom. The van der Waals surface area contributed by atoms with Crippen LogP contribution in [0.3, 0.4) is 0 Å². The fourth-order valence-corrected chi connectivity index (χ4v) is 1.98. The highest BCUT2D eigenvalue weighted by molar-refractivity contribution is 9.10. The molecular weight excluding hydrogens is 296 g/mol. The van der Waals surface area contributed by atoms with Crippen LogP contribution in [0.15, 0.2) is 53.3 Å². The average molecular weight is 307 g/mol. The topological polar surface area (TPSA) is 62.2 Å². The van der Waals surface area contributed by atoms with E-state index in [1.165, 1.54) is 0 Å². The van der Waals surface area contributed by atoms with E-state index in [0.717, 1.165) is 10.2 Å². The molecule has 0 amide bonds. The molecule has 2 N–H and O–H groups in total. The van der Waals surface area contributed by atoms with Crippen molar-refractivity contribution >= 4 is 27.6 Å². The summed E-state index contributed by atoms with van der Waals surface area (Å²) in [6.45, 7) is 0. The van der Waals surface area contributed by atoms with Crippen molar-refractivity contribution < 1.29 is 9.90 Å². The van der Waals surface area contributed by atoms with Crippen molar-refractivity contribution in [2.24, 2.45) is 0 Å². The summed E-state index contributed by atoms with van der Waals surface area (Å²) in [5.41, 5.74) is 1.35. The molecular formula is C13H11BrN2O2. The minimum atomic E-state index is -0.942. The number of aromatic nitrogens is 1. The first-order valence-corrected chi connectivity index (χ1v) is 6.11. The maximum atomic E-state index is 11.3. The Morgan fingerprint density at radius 3 is 2.78 bits per heavy atom. The van der Waals surface area contributed by atoms with Crippen LogP contribution >= 0.6 is 15.9 Å². The molecule has 2 rings (SSSR count). The number of hydrogen-bond acceptors (Lipinski definition) is 3. The van der Waals surface area contributed by atoms with Crippen molar-refractivity contribution in [3.63, 3.8) is 0 Å². The quantitative estimate of drug-likeness (QED) is 0.911. The first-order valence-electron chi connectivity index (χ1n) is 5.31. The number of halogens is 1. The van der Waals surface area contributed by atoms with Gasteiger partial charge in [-0.3, -0.25) is 4.98 Å². The Kier molecular flexibility index (Phi) is 3.94. The molecule has 0 aliphatic rings. The molecule has 0 aliphatic carbocycles. The maximum Gasteiger partial charge on any atom is 0.330 e. The average Bonchev–Trinajstić information content (AvgIpc) is 2.37. The summed E-state index contributed by atoms with van der Waals surface area (Å²) in [4.78, 5) is 15.2. The summed E-state index contributed by atoms with van der Waals surface area (Å²) in [7, 11) is 0. The molecule has 0 aliphatic heterocycles. The van der Waals surface area contributed by atoms with Crippen molar-refractivity contribution in [3.05, 3.63) is 58.8 Å². The van der Waals surface area contributed by atoms with Gasteiger partial charge in [0.15, 0.2) is 6.04 Å². The maximum absolute atomic E-state index is 11.3. The second-order valence-electron chi connectivity index (χ2n) is 3.71. The van der Waals surface area contributed by atoms with Crippen molar-refractivity contribution in [1.82, 2.24) is 4.98 Å². The Labute approximate surface area is 113 Å². The summed E-state index contributed by atoms with van der Waals surface area (Å²) < 4.78 is 0.892. The lowest BCUT2D eigenvalue weighted by Crippen LogP contribution is -2.20. The van der Waals surface area contributed by atoms with Gasteiger partial charge in [0.05, 0.1) is 0 Å². The van der Waals surface area contributed by atoms with Gasteiger partial charge in [-0.1, -0.05) is 28.1 Å². The van der Waals surface area contributed by atoms with Gasteiger partial charge in [-0.15, -0.1) is 0 Å². The van der Waals surface area contributed by atoms with Gasteiger partial charge in [-0.05, 0) is 24.3 Å². The van der Waals surface area contributed by atoms with Crippen molar-refractivity contribution in [1.29, 1.82) is 0 Å². The van der Waals surface area contributed by atoms with E-state index in [2.05, 4.69) is 26.2 Å². The molecule has 1 aromatic carbocycles. The third-order valence-corrected chi connectivity index (χ3v) is 2.89. The largest absolute Gasteiger partial charge is 0.479 e. The van der Waals surface area contributed by atoms with Gasteiger partial charge in [-0.2, -0.15) is 0 Å². The van der Waals surface area contributed by atoms with Gasteiger partial charge in [0, 0.05) is 28.1 Å². The van der Waals surface area contributed by atoms with E-state index >= 15 is 0 Å². The third kappa shape index (κ3) is 3.07. The van der Waals surface area contributed by atoms with Crippen LogP contribution in [-0.2, 0) is 4.79 Å². The highest BCUT2D eigenvalue weighted by atomic mass is 79.9. The Morgan fingerprint density at radius 2 is 2.17 bits per heavy atom. The standard InChI is InChI=1S/C13H11BrN2O2/c14-10-4-1-5-11(7-10)16-12(13(17)18)9-3-2-6-15-8-9/h1-8,12,16H,(H,17,18). The second-order valence-corrected chi connectivity index (χ2v) is 4.63. The van der Waals surface area contributed by atoms with Crippen LogP contribution in [0.4, 0.5) is 5.69 Å². The van der Waals surface area contributed by atoms with Gasteiger partial charge in [0.1, 0.15) is 0 Å². The minimum Gasteiger partial charge on any atom is -0.479 e. The van der Waals surface area contributed by atoms with E-state index in [9.17, 15) is 9.90 Å². The third-order valence-electron chi connectivity index (χ3n) is 2.40. The number of carbonyl (C=O) groups is 1. The van der Waals surface area contributed by atoms with Crippen LogP contribution in [0.5, 0.6) is 0 Å². The zero-order valence-corrected chi connectivity index (χ0v) is 11.0. The molecule has 2 aromatic rings. The van der Waals surface area contributed by atoms with E-state index < -0.39 is 12.0 Å². The predicted octanol–water partition coefficient (Wildman–Crippen LogP) is 3.08. The first kappa shape index (κ1) is 12.6. The highest BCUT2D eigenvalue weighted by Gasteiger charge is 2.19. The summed E-state index contributed by atoms with van der Waals surface area (Å²) in [6.07, 6.45) is 3.16.